The number of fused-ring (bicyclic) bond motifs is 10. The zero-order chi connectivity index (χ0) is 36.3. The monoisotopic (exact) mass is 697 g/mol. The zero-order valence-electron chi connectivity index (χ0n) is 30.2. The standard InChI is InChI=1S/C54H35N/c1-4-15-36(16-5-1)41-27-29-46-47-30-28-42(33-51(47)54(50(46)32-41)48-25-12-10-23-44(48)45-24-11-13-26-49(45)54)39-21-14-22-40(31-39)43-34-52(37-17-6-2-7-18-37)55-53(35-43)38-19-8-3-9-20-38/h1-35H. The molecule has 55 heavy (non-hydrogen) atoms. The van der Waals surface area contributed by atoms with Gasteiger partial charge in [-0.15, -0.1) is 0 Å². The minimum absolute atomic E-state index is 0.434. The van der Waals surface area contributed by atoms with Crippen molar-refractivity contribution in [2.24, 2.45) is 0 Å². The lowest BCUT2D eigenvalue weighted by molar-refractivity contribution is 0.794. The van der Waals surface area contributed by atoms with Crippen molar-refractivity contribution < 1.29 is 0 Å². The summed E-state index contributed by atoms with van der Waals surface area (Å²) in [4.78, 5) is 5.14. The fourth-order valence-corrected chi connectivity index (χ4v) is 9.22. The van der Waals surface area contributed by atoms with Crippen molar-refractivity contribution in [2.75, 3.05) is 0 Å². The molecule has 1 heteroatoms. The molecule has 0 saturated carbocycles. The van der Waals surface area contributed by atoms with E-state index in [9.17, 15) is 0 Å². The fourth-order valence-electron chi connectivity index (χ4n) is 9.22. The molecular formula is C54H35N. The average molecular weight is 698 g/mol. The summed E-state index contributed by atoms with van der Waals surface area (Å²) < 4.78 is 0. The van der Waals surface area contributed by atoms with E-state index in [1.54, 1.807) is 0 Å². The van der Waals surface area contributed by atoms with Crippen molar-refractivity contribution in [3.63, 3.8) is 0 Å². The summed E-state index contributed by atoms with van der Waals surface area (Å²) in [5.74, 6) is 0. The van der Waals surface area contributed by atoms with E-state index in [1.807, 2.05) is 0 Å². The molecule has 1 aromatic heterocycles. The van der Waals surface area contributed by atoms with Crippen LogP contribution in [0.4, 0.5) is 0 Å². The van der Waals surface area contributed by atoms with Gasteiger partial charge in [0.1, 0.15) is 0 Å². The Morgan fingerprint density at radius 1 is 0.236 bits per heavy atom. The molecule has 1 heterocycles. The summed E-state index contributed by atoms with van der Waals surface area (Å²) >= 11 is 0. The molecule has 256 valence electrons. The Bertz CT molecular complexity index is 2800. The van der Waals surface area contributed by atoms with Gasteiger partial charge in [-0.3, -0.25) is 0 Å². The van der Waals surface area contributed by atoms with Gasteiger partial charge in [-0.2, -0.15) is 0 Å². The highest BCUT2D eigenvalue weighted by Gasteiger charge is 2.51. The summed E-state index contributed by atoms with van der Waals surface area (Å²) in [6.45, 7) is 0. The molecule has 0 N–H and O–H groups in total. The summed E-state index contributed by atoms with van der Waals surface area (Å²) in [5, 5.41) is 0. The minimum atomic E-state index is -0.434. The summed E-state index contributed by atoms with van der Waals surface area (Å²) in [6, 6.07) is 77.6. The minimum Gasteiger partial charge on any atom is -0.248 e. The molecule has 0 fully saturated rings. The van der Waals surface area contributed by atoms with Gasteiger partial charge >= 0.3 is 0 Å². The molecular weight excluding hydrogens is 663 g/mol. The molecule has 11 rings (SSSR count). The molecule has 0 atom stereocenters. The van der Waals surface area contributed by atoms with Crippen LogP contribution in [0.15, 0.2) is 212 Å². The predicted octanol–water partition coefficient (Wildman–Crippen LogP) is 13.8. The van der Waals surface area contributed by atoms with E-state index in [-0.39, 0.29) is 0 Å². The predicted molar refractivity (Wildman–Crippen MR) is 228 cm³/mol. The molecule has 0 bridgehead atoms. The number of hydrogen-bond acceptors (Lipinski definition) is 1. The Morgan fingerprint density at radius 2 is 0.618 bits per heavy atom. The average Bonchev–Trinajstić information content (AvgIpc) is 3.74. The van der Waals surface area contributed by atoms with Crippen molar-refractivity contribution in [2.45, 2.75) is 5.41 Å². The number of nitrogens with zero attached hydrogens (tertiary/aromatic N) is 1. The van der Waals surface area contributed by atoms with Gasteiger partial charge in [0, 0.05) is 11.1 Å². The molecule has 0 saturated heterocycles. The summed E-state index contributed by atoms with van der Waals surface area (Å²) in [7, 11) is 0. The smallest absolute Gasteiger partial charge is 0.0725 e. The maximum atomic E-state index is 5.14. The van der Waals surface area contributed by atoms with Crippen LogP contribution in [0.1, 0.15) is 22.3 Å². The fraction of sp³-hybridized carbons (Fsp3) is 0.0185. The number of pyridine rings is 1. The van der Waals surface area contributed by atoms with Crippen molar-refractivity contribution in [3.05, 3.63) is 235 Å². The second-order valence-electron chi connectivity index (χ2n) is 14.7. The molecule has 1 nitrogen and oxygen atoms in total. The van der Waals surface area contributed by atoms with E-state index in [1.165, 1.54) is 66.8 Å². The first-order valence-corrected chi connectivity index (χ1v) is 19.0. The SMILES string of the molecule is c1ccc(-c2ccc3c(c2)C2(c4ccccc4-c4ccccc42)c2cc(-c4cccc(-c5cc(-c6ccccc6)nc(-c6ccccc6)c5)c4)ccc2-3)cc1. The third kappa shape index (κ3) is 4.90. The van der Waals surface area contributed by atoms with Gasteiger partial charge < -0.3 is 0 Å². The van der Waals surface area contributed by atoms with Gasteiger partial charge in [0.25, 0.3) is 0 Å². The van der Waals surface area contributed by atoms with Gasteiger partial charge in [-0.1, -0.05) is 182 Å². The quantitative estimate of drug-likeness (QED) is 0.174. The van der Waals surface area contributed by atoms with Crippen LogP contribution in [0, 0.1) is 0 Å². The van der Waals surface area contributed by atoms with E-state index in [0.717, 1.165) is 33.6 Å². The Morgan fingerprint density at radius 3 is 1.15 bits per heavy atom. The van der Waals surface area contributed by atoms with E-state index in [4.69, 9.17) is 4.98 Å². The van der Waals surface area contributed by atoms with E-state index >= 15 is 0 Å². The van der Waals surface area contributed by atoms with Crippen LogP contribution >= 0.6 is 0 Å². The highest BCUT2D eigenvalue weighted by molar-refractivity contribution is 5.97. The molecule has 0 aliphatic heterocycles. The maximum Gasteiger partial charge on any atom is 0.0725 e. The Kier molecular flexibility index (Phi) is 7.15. The van der Waals surface area contributed by atoms with Crippen LogP contribution in [-0.2, 0) is 5.41 Å². The lowest BCUT2D eigenvalue weighted by Crippen LogP contribution is -2.26. The second kappa shape index (κ2) is 12.5. The zero-order valence-corrected chi connectivity index (χ0v) is 30.2. The van der Waals surface area contributed by atoms with Crippen molar-refractivity contribution in [1.29, 1.82) is 0 Å². The van der Waals surface area contributed by atoms with Crippen molar-refractivity contribution in [1.82, 2.24) is 4.98 Å². The third-order valence-corrected chi connectivity index (χ3v) is 11.7. The summed E-state index contributed by atoms with van der Waals surface area (Å²) in [6.07, 6.45) is 0. The second-order valence-corrected chi connectivity index (χ2v) is 14.7. The highest BCUT2D eigenvalue weighted by atomic mass is 14.7. The van der Waals surface area contributed by atoms with Crippen LogP contribution in [0.3, 0.4) is 0 Å². The van der Waals surface area contributed by atoms with Gasteiger partial charge in [0.2, 0.25) is 0 Å². The summed E-state index contributed by atoms with van der Waals surface area (Å²) in [5.41, 5.74) is 21.5. The highest BCUT2D eigenvalue weighted by Crippen LogP contribution is 2.63. The maximum absolute atomic E-state index is 5.14. The number of rotatable bonds is 5. The first kappa shape index (κ1) is 31.4. The van der Waals surface area contributed by atoms with E-state index in [0.29, 0.717) is 0 Å². The lowest BCUT2D eigenvalue weighted by Gasteiger charge is -2.31. The van der Waals surface area contributed by atoms with Crippen LogP contribution in [-0.4, -0.2) is 4.98 Å². The van der Waals surface area contributed by atoms with Gasteiger partial charge in [0.15, 0.2) is 0 Å². The number of aromatic nitrogens is 1. The Balaban J connectivity index is 1.10. The number of hydrogen-bond donors (Lipinski definition) is 0. The molecule has 2 aliphatic carbocycles. The molecule has 1 spiro atoms. The first-order valence-electron chi connectivity index (χ1n) is 19.0. The first-order chi connectivity index (χ1) is 27.3. The topological polar surface area (TPSA) is 12.9 Å². The normalized spacial score (nSPS) is 12.9. The molecule has 8 aromatic carbocycles. The molecule has 2 aliphatic rings. The van der Waals surface area contributed by atoms with Crippen LogP contribution < -0.4 is 0 Å². The molecule has 0 radical (unpaired) electrons. The van der Waals surface area contributed by atoms with Gasteiger partial charge in [0.05, 0.1) is 16.8 Å². The van der Waals surface area contributed by atoms with Crippen LogP contribution in [0.5, 0.6) is 0 Å². The van der Waals surface area contributed by atoms with E-state index in [2.05, 4.69) is 212 Å². The Labute approximate surface area is 321 Å². The molecule has 0 unspecified atom stereocenters. The third-order valence-electron chi connectivity index (χ3n) is 11.7. The number of benzene rings is 8. The van der Waals surface area contributed by atoms with Crippen molar-refractivity contribution >= 4 is 0 Å². The van der Waals surface area contributed by atoms with Crippen molar-refractivity contribution in [3.8, 4) is 78.1 Å². The van der Waals surface area contributed by atoms with Gasteiger partial charge in [-0.25, -0.2) is 4.98 Å². The molecule has 9 aromatic rings. The Hall–Kier alpha value is -7.09. The molecule has 0 amide bonds. The van der Waals surface area contributed by atoms with Crippen LogP contribution in [0.2, 0.25) is 0 Å². The van der Waals surface area contributed by atoms with Gasteiger partial charge in [-0.05, 0) is 108 Å². The largest absolute Gasteiger partial charge is 0.248 e. The van der Waals surface area contributed by atoms with Crippen LogP contribution in [0.25, 0.3) is 78.1 Å². The van der Waals surface area contributed by atoms with E-state index < -0.39 is 5.41 Å². The lowest BCUT2D eigenvalue weighted by atomic mass is 9.70.